The van der Waals surface area contributed by atoms with Crippen LogP contribution in [0.5, 0.6) is 0 Å². The zero-order chi connectivity index (χ0) is 18.3. The van der Waals surface area contributed by atoms with Crippen LogP contribution in [-0.4, -0.2) is 22.0 Å². The SMILES string of the molecule is CCc1ccc(-c2csc(NC(=O)C3C4CCC(C4)C3C(=O)O)n2)cc1. The molecule has 1 aromatic carbocycles. The maximum atomic E-state index is 12.7. The molecule has 136 valence electrons. The number of aryl methyl sites for hydroxylation is 1. The topological polar surface area (TPSA) is 79.3 Å². The number of nitrogens with one attached hydrogen (secondary N) is 1. The predicted octanol–water partition coefficient (Wildman–Crippen LogP) is 4.06. The Morgan fingerprint density at radius 1 is 1.19 bits per heavy atom. The lowest BCUT2D eigenvalue weighted by Crippen LogP contribution is -2.37. The number of carboxylic acids is 1. The van der Waals surface area contributed by atoms with Crippen LogP contribution in [0.2, 0.25) is 0 Å². The standard InChI is InChI=1S/C20H22N2O3S/c1-2-11-3-5-12(6-4-11)15-10-26-20(21-15)22-18(23)16-13-7-8-14(9-13)17(16)19(24)25/h3-6,10,13-14,16-17H,2,7-9H2,1H3,(H,24,25)(H,21,22,23). The predicted molar refractivity (Wildman–Crippen MR) is 101 cm³/mol. The van der Waals surface area contributed by atoms with E-state index in [0.29, 0.717) is 5.13 Å². The van der Waals surface area contributed by atoms with Crippen molar-refractivity contribution in [1.29, 1.82) is 0 Å². The van der Waals surface area contributed by atoms with Gasteiger partial charge in [-0.05, 0) is 43.1 Å². The summed E-state index contributed by atoms with van der Waals surface area (Å²) in [6, 6.07) is 8.24. The van der Waals surface area contributed by atoms with Gasteiger partial charge < -0.3 is 10.4 Å². The van der Waals surface area contributed by atoms with Crippen molar-refractivity contribution in [3.8, 4) is 11.3 Å². The zero-order valence-corrected chi connectivity index (χ0v) is 15.5. The summed E-state index contributed by atoms with van der Waals surface area (Å²) in [5.41, 5.74) is 3.12. The van der Waals surface area contributed by atoms with Gasteiger partial charge in [0.2, 0.25) is 5.91 Å². The number of aromatic nitrogens is 1. The number of thiazole rings is 1. The third kappa shape index (κ3) is 3.03. The number of rotatable bonds is 5. The quantitative estimate of drug-likeness (QED) is 0.832. The highest BCUT2D eigenvalue weighted by molar-refractivity contribution is 7.14. The van der Waals surface area contributed by atoms with E-state index in [1.807, 2.05) is 17.5 Å². The molecule has 2 aromatic rings. The molecule has 4 rings (SSSR count). The highest BCUT2D eigenvalue weighted by Gasteiger charge is 2.54. The van der Waals surface area contributed by atoms with Gasteiger partial charge in [-0.15, -0.1) is 11.3 Å². The van der Waals surface area contributed by atoms with E-state index < -0.39 is 17.8 Å². The minimum absolute atomic E-state index is 0.150. The van der Waals surface area contributed by atoms with Gasteiger partial charge in [0, 0.05) is 10.9 Å². The molecule has 0 saturated heterocycles. The van der Waals surface area contributed by atoms with Crippen LogP contribution in [0.1, 0.15) is 31.7 Å². The maximum Gasteiger partial charge on any atom is 0.307 e. The van der Waals surface area contributed by atoms with Crippen LogP contribution < -0.4 is 5.32 Å². The van der Waals surface area contributed by atoms with Crippen molar-refractivity contribution in [3.63, 3.8) is 0 Å². The summed E-state index contributed by atoms with van der Waals surface area (Å²) in [5, 5.41) is 14.9. The van der Waals surface area contributed by atoms with E-state index in [2.05, 4.69) is 29.4 Å². The summed E-state index contributed by atoms with van der Waals surface area (Å²) in [6.07, 6.45) is 3.74. The van der Waals surface area contributed by atoms with Gasteiger partial charge in [0.05, 0.1) is 17.5 Å². The first-order chi connectivity index (χ1) is 12.6. The first-order valence-corrected chi connectivity index (χ1v) is 10.0. The van der Waals surface area contributed by atoms with E-state index in [-0.39, 0.29) is 17.7 Å². The summed E-state index contributed by atoms with van der Waals surface area (Å²) < 4.78 is 0. The summed E-state index contributed by atoms with van der Waals surface area (Å²) in [7, 11) is 0. The minimum atomic E-state index is -0.840. The van der Waals surface area contributed by atoms with E-state index in [4.69, 9.17) is 0 Å². The van der Waals surface area contributed by atoms with Crippen LogP contribution >= 0.6 is 11.3 Å². The summed E-state index contributed by atoms with van der Waals surface area (Å²) >= 11 is 1.38. The normalized spacial score (nSPS) is 26.8. The van der Waals surface area contributed by atoms with E-state index >= 15 is 0 Å². The Balaban J connectivity index is 1.48. The average Bonchev–Trinajstić information content (AvgIpc) is 3.37. The molecule has 1 aromatic heterocycles. The number of aliphatic carboxylic acids is 1. The molecule has 5 nitrogen and oxygen atoms in total. The van der Waals surface area contributed by atoms with Crippen molar-refractivity contribution in [2.75, 3.05) is 5.32 Å². The molecule has 0 radical (unpaired) electrons. The molecule has 4 atom stereocenters. The number of amides is 1. The van der Waals surface area contributed by atoms with Crippen LogP contribution in [0.15, 0.2) is 29.6 Å². The lowest BCUT2D eigenvalue weighted by molar-refractivity contribution is -0.148. The fourth-order valence-electron chi connectivity index (χ4n) is 4.59. The number of carbonyl (C=O) groups excluding carboxylic acids is 1. The highest BCUT2D eigenvalue weighted by Crippen LogP contribution is 2.52. The van der Waals surface area contributed by atoms with Crippen LogP contribution in [0.3, 0.4) is 0 Å². The Bertz CT molecular complexity index is 830. The van der Waals surface area contributed by atoms with Crippen LogP contribution in [0, 0.1) is 23.7 Å². The third-order valence-electron chi connectivity index (χ3n) is 5.90. The first-order valence-electron chi connectivity index (χ1n) is 9.15. The number of fused-ring (bicyclic) bond motifs is 2. The van der Waals surface area contributed by atoms with Crippen molar-refractivity contribution in [3.05, 3.63) is 35.2 Å². The van der Waals surface area contributed by atoms with Crippen LogP contribution in [0.4, 0.5) is 5.13 Å². The van der Waals surface area contributed by atoms with Gasteiger partial charge in [-0.1, -0.05) is 31.2 Å². The molecule has 2 N–H and O–H groups in total. The van der Waals surface area contributed by atoms with Crippen molar-refractivity contribution < 1.29 is 14.7 Å². The molecular weight excluding hydrogens is 348 g/mol. The molecule has 0 aliphatic heterocycles. The Morgan fingerprint density at radius 2 is 1.88 bits per heavy atom. The number of carboxylic acid groups (broad SMARTS) is 1. The Hall–Kier alpha value is -2.21. The largest absolute Gasteiger partial charge is 0.481 e. The Morgan fingerprint density at radius 3 is 2.54 bits per heavy atom. The van der Waals surface area contributed by atoms with E-state index in [0.717, 1.165) is 36.9 Å². The lowest BCUT2D eigenvalue weighted by atomic mass is 9.79. The fraction of sp³-hybridized carbons (Fsp3) is 0.450. The molecule has 1 heterocycles. The number of nitrogens with zero attached hydrogens (tertiary/aromatic N) is 1. The summed E-state index contributed by atoms with van der Waals surface area (Å²) in [5.74, 6) is -1.66. The Kier molecular flexibility index (Phi) is 4.53. The Labute approximate surface area is 156 Å². The number of carbonyl (C=O) groups is 2. The molecule has 2 aliphatic carbocycles. The second-order valence-electron chi connectivity index (χ2n) is 7.30. The fourth-order valence-corrected chi connectivity index (χ4v) is 5.31. The van der Waals surface area contributed by atoms with Crippen molar-refractivity contribution in [2.45, 2.75) is 32.6 Å². The van der Waals surface area contributed by atoms with E-state index in [1.165, 1.54) is 16.9 Å². The molecular formula is C20H22N2O3S. The second kappa shape index (κ2) is 6.83. The molecule has 6 heteroatoms. The average molecular weight is 370 g/mol. The molecule has 2 aliphatic rings. The third-order valence-corrected chi connectivity index (χ3v) is 6.65. The molecule has 0 spiro atoms. The molecule has 2 bridgehead atoms. The van der Waals surface area contributed by atoms with Crippen LogP contribution in [0.25, 0.3) is 11.3 Å². The van der Waals surface area contributed by atoms with Gasteiger partial charge in [-0.25, -0.2) is 4.98 Å². The van der Waals surface area contributed by atoms with Gasteiger partial charge in [-0.2, -0.15) is 0 Å². The van der Waals surface area contributed by atoms with Crippen LogP contribution in [-0.2, 0) is 16.0 Å². The number of hydrogen-bond acceptors (Lipinski definition) is 4. The minimum Gasteiger partial charge on any atom is -0.481 e. The molecule has 2 fully saturated rings. The molecule has 4 unspecified atom stereocenters. The number of benzene rings is 1. The van der Waals surface area contributed by atoms with E-state index in [1.54, 1.807) is 0 Å². The van der Waals surface area contributed by atoms with Gasteiger partial charge in [0.25, 0.3) is 0 Å². The number of hydrogen-bond donors (Lipinski definition) is 2. The number of anilines is 1. The van der Waals surface area contributed by atoms with E-state index in [9.17, 15) is 14.7 Å². The molecule has 26 heavy (non-hydrogen) atoms. The molecule has 2 saturated carbocycles. The zero-order valence-electron chi connectivity index (χ0n) is 14.6. The van der Waals surface area contributed by atoms with Crippen molar-refractivity contribution in [1.82, 2.24) is 4.98 Å². The smallest absolute Gasteiger partial charge is 0.307 e. The summed E-state index contributed by atoms with van der Waals surface area (Å²) in [4.78, 5) is 28.9. The second-order valence-corrected chi connectivity index (χ2v) is 8.16. The molecule has 1 amide bonds. The van der Waals surface area contributed by atoms with Gasteiger partial charge in [0.1, 0.15) is 0 Å². The van der Waals surface area contributed by atoms with Crippen molar-refractivity contribution in [2.24, 2.45) is 23.7 Å². The lowest BCUT2D eigenvalue weighted by Gasteiger charge is -2.26. The first kappa shape index (κ1) is 17.2. The highest BCUT2D eigenvalue weighted by atomic mass is 32.1. The van der Waals surface area contributed by atoms with Gasteiger partial charge >= 0.3 is 5.97 Å². The van der Waals surface area contributed by atoms with Crippen molar-refractivity contribution >= 4 is 28.3 Å². The monoisotopic (exact) mass is 370 g/mol. The summed E-state index contributed by atoms with van der Waals surface area (Å²) in [6.45, 7) is 2.12. The van der Waals surface area contributed by atoms with Gasteiger partial charge in [0.15, 0.2) is 5.13 Å². The van der Waals surface area contributed by atoms with Gasteiger partial charge in [-0.3, -0.25) is 9.59 Å². The maximum absolute atomic E-state index is 12.7.